The topological polar surface area (TPSA) is 30.0 Å². The Hall–Kier alpha value is -0.700. The highest BCUT2D eigenvalue weighted by atomic mass is 79.9. The summed E-state index contributed by atoms with van der Waals surface area (Å²) in [6.07, 6.45) is 4.98. The molecule has 2 nitrogen and oxygen atoms in total. The summed E-state index contributed by atoms with van der Waals surface area (Å²) in [4.78, 5) is 14.9. The number of hydrogen-bond acceptors (Lipinski definition) is 2. The summed E-state index contributed by atoms with van der Waals surface area (Å²) in [6, 6.07) is 1.83. The number of hydrogen-bond donors (Lipinski definition) is 0. The summed E-state index contributed by atoms with van der Waals surface area (Å²) in [5.41, 5.74) is 1.69. The molecule has 2 rings (SSSR count). The van der Waals surface area contributed by atoms with Crippen molar-refractivity contribution in [3.05, 3.63) is 28.0 Å². The van der Waals surface area contributed by atoms with Gasteiger partial charge >= 0.3 is 0 Å². The Balaban J connectivity index is 2.44. The van der Waals surface area contributed by atoms with Gasteiger partial charge in [-0.25, -0.2) is 0 Å². The minimum absolute atomic E-state index is 0.540. The Morgan fingerprint density at radius 3 is 2.92 bits per heavy atom. The van der Waals surface area contributed by atoms with Crippen molar-refractivity contribution in [1.82, 2.24) is 4.98 Å². The second-order valence-corrected chi connectivity index (χ2v) is 3.94. The molecule has 3 heteroatoms. The van der Waals surface area contributed by atoms with Gasteiger partial charge in [0.15, 0.2) is 6.29 Å². The molecule has 1 aromatic heterocycles. The van der Waals surface area contributed by atoms with Gasteiger partial charge in [-0.2, -0.15) is 0 Å². The zero-order valence-electron chi connectivity index (χ0n) is 6.46. The average Bonchev–Trinajstić information content (AvgIpc) is 2.87. The highest BCUT2D eigenvalue weighted by molar-refractivity contribution is 9.10. The molecule has 1 aromatic rings. The molecule has 0 N–H and O–H groups in total. The number of halogens is 1. The maximum Gasteiger partial charge on any atom is 0.151 e. The quantitative estimate of drug-likeness (QED) is 0.725. The van der Waals surface area contributed by atoms with E-state index < -0.39 is 0 Å². The van der Waals surface area contributed by atoms with Gasteiger partial charge in [-0.1, -0.05) is 0 Å². The molecule has 0 unspecified atom stereocenters. The number of carbonyl (C=O) groups is 1. The van der Waals surface area contributed by atoms with Crippen LogP contribution in [0.5, 0.6) is 0 Å². The molecule has 1 saturated carbocycles. The summed E-state index contributed by atoms with van der Waals surface area (Å²) >= 11 is 3.29. The van der Waals surface area contributed by atoms with Gasteiger partial charge in [0.05, 0.1) is 5.69 Å². The Kier molecular flexibility index (Phi) is 1.97. The van der Waals surface area contributed by atoms with Crippen molar-refractivity contribution in [2.24, 2.45) is 0 Å². The fraction of sp³-hybridized carbons (Fsp3) is 0.333. The fourth-order valence-electron chi connectivity index (χ4n) is 1.26. The van der Waals surface area contributed by atoms with Gasteiger partial charge in [-0.05, 0) is 34.8 Å². The Morgan fingerprint density at radius 2 is 2.33 bits per heavy atom. The maximum atomic E-state index is 10.7. The maximum absolute atomic E-state index is 10.7. The molecule has 12 heavy (non-hydrogen) atoms. The first-order chi connectivity index (χ1) is 5.81. The van der Waals surface area contributed by atoms with E-state index >= 15 is 0 Å². The molecule has 1 heterocycles. The largest absolute Gasteiger partial charge is 0.298 e. The third kappa shape index (κ3) is 1.41. The summed E-state index contributed by atoms with van der Waals surface area (Å²) < 4.78 is 0.869. The van der Waals surface area contributed by atoms with Crippen LogP contribution in [-0.2, 0) is 0 Å². The molecule has 1 aliphatic carbocycles. The van der Waals surface area contributed by atoms with Gasteiger partial charge in [-0.15, -0.1) is 0 Å². The van der Waals surface area contributed by atoms with Gasteiger partial charge in [0.1, 0.15) is 0 Å². The predicted octanol–water partition coefficient (Wildman–Crippen LogP) is 2.53. The first-order valence-corrected chi connectivity index (χ1v) is 4.71. The van der Waals surface area contributed by atoms with Crippen LogP contribution in [0, 0.1) is 0 Å². The van der Waals surface area contributed by atoms with Gasteiger partial charge in [-0.3, -0.25) is 9.78 Å². The van der Waals surface area contributed by atoms with Crippen LogP contribution in [0.1, 0.15) is 34.8 Å². The molecule has 1 fully saturated rings. The van der Waals surface area contributed by atoms with E-state index in [4.69, 9.17) is 0 Å². The van der Waals surface area contributed by atoms with E-state index in [9.17, 15) is 4.79 Å². The Labute approximate surface area is 79.1 Å². The molecule has 0 radical (unpaired) electrons. The molecule has 62 valence electrons. The van der Waals surface area contributed by atoms with E-state index in [1.807, 2.05) is 6.07 Å². The van der Waals surface area contributed by atoms with Crippen molar-refractivity contribution in [2.45, 2.75) is 18.8 Å². The first kappa shape index (κ1) is 7.92. The van der Waals surface area contributed by atoms with Crippen LogP contribution in [0.15, 0.2) is 16.7 Å². The number of pyridine rings is 1. The lowest BCUT2D eigenvalue weighted by atomic mass is 10.1. The van der Waals surface area contributed by atoms with E-state index in [-0.39, 0.29) is 0 Å². The molecule has 0 saturated heterocycles. The van der Waals surface area contributed by atoms with Crippen LogP contribution < -0.4 is 0 Å². The molecular formula is C9H8BrNO. The third-order valence-electron chi connectivity index (χ3n) is 2.01. The van der Waals surface area contributed by atoms with Crippen LogP contribution >= 0.6 is 15.9 Å². The number of rotatable bonds is 2. The van der Waals surface area contributed by atoms with Gasteiger partial charge in [0, 0.05) is 22.2 Å². The SMILES string of the molecule is O=Cc1cc(Br)cnc1C1CC1. The van der Waals surface area contributed by atoms with Crippen molar-refractivity contribution >= 4 is 22.2 Å². The molecule has 0 aromatic carbocycles. The summed E-state index contributed by atoms with van der Waals surface area (Å²) in [6.45, 7) is 0. The highest BCUT2D eigenvalue weighted by Gasteiger charge is 2.27. The summed E-state index contributed by atoms with van der Waals surface area (Å²) in [5, 5.41) is 0. The van der Waals surface area contributed by atoms with E-state index in [1.165, 1.54) is 12.8 Å². The second kappa shape index (κ2) is 2.98. The van der Waals surface area contributed by atoms with Gasteiger partial charge in [0.25, 0.3) is 0 Å². The van der Waals surface area contributed by atoms with E-state index in [1.54, 1.807) is 6.20 Å². The van der Waals surface area contributed by atoms with Crippen molar-refractivity contribution in [3.63, 3.8) is 0 Å². The van der Waals surface area contributed by atoms with Gasteiger partial charge in [0.2, 0.25) is 0 Å². The average molecular weight is 226 g/mol. The number of carbonyl (C=O) groups excluding carboxylic acids is 1. The number of aromatic nitrogens is 1. The van der Waals surface area contributed by atoms with Crippen LogP contribution in [0.3, 0.4) is 0 Å². The molecule has 1 aliphatic rings. The fourth-order valence-corrected chi connectivity index (χ4v) is 1.61. The molecular weight excluding hydrogens is 218 g/mol. The number of nitrogens with zero attached hydrogens (tertiary/aromatic N) is 1. The van der Waals surface area contributed by atoms with Crippen LogP contribution in [0.25, 0.3) is 0 Å². The van der Waals surface area contributed by atoms with Crippen LogP contribution in [0.2, 0.25) is 0 Å². The molecule has 0 amide bonds. The van der Waals surface area contributed by atoms with E-state index in [0.717, 1.165) is 22.0 Å². The van der Waals surface area contributed by atoms with Crippen molar-refractivity contribution < 1.29 is 4.79 Å². The normalized spacial score (nSPS) is 16.1. The molecule has 0 atom stereocenters. The minimum atomic E-state index is 0.540. The van der Waals surface area contributed by atoms with E-state index in [0.29, 0.717) is 5.92 Å². The standard InChI is InChI=1S/C9H8BrNO/c10-8-3-7(5-12)9(11-4-8)6-1-2-6/h3-6H,1-2H2. The lowest BCUT2D eigenvalue weighted by molar-refractivity contribution is 0.112. The number of aldehydes is 1. The Morgan fingerprint density at radius 1 is 1.58 bits per heavy atom. The zero-order chi connectivity index (χ0) is 8.55. The third-order valence-corrected chi connectivity index (χ3v) is 2.44. The first-order valence-electron chi connectivity index (χ1n) is 3.92. The second-order valence-electron chi connectivity index (χ2n) is 3.02. The minimum Gasteiger partial charge on any atom is -0.298 e. The van der Waals surface area contributed by atoms with Crippen molar-refractivity contribution in [3.8, 4) is 0 Å². The van der Waals surface area contributed by atoms with Gasteiger partial charge < -0.3 is 0 Å². The lowest BCUT2D eigenvalue weighted by Crippen LogP contribution is -1.94. The molecule has 0 aliphatic heterocycles. The van der Waals surface area contributed by atoms with Crippen LogP contribution in [0.4, 0.5) is 0 Å². The summed E-state index contributed by atoms with van der Waals surface area (Å²) in [5.74, 6) is 0.540. The van der Waals surface area contributed by atoms with Crippen molar-refractivity contribution in [1.29, 1.82) is 0 Å². The zero-order valence-corrected chi connectivity index (χ0v) is 8.04. The lowest BCUT2D eigenvalue weighted by Gasteiger charge is -2.00. The summed E-state index contributed by atoms with van der Waals surface area (Å²) in [7, 11) is 0. The van der Waals surface area contributed by atoms with E-state index in [2.05, 4.69) is 20.9 Å². The van der Waals surface area contributed by atoms with Crippen LogP contribution in [-0.4, -0.2) is 11.3 Å². The monoisotopic (exact) mass is 225 g/mol. The highest BCUT2D eigenvalue weighted by Crippen LogP contribution is 2.40. The molecule has 0 bridgehead atoms. The van der Waals surface area contributed by atoms with Crippen molar-refractivity contribution in [2.75, 3.05) is 0 Å². The molecule has 0 spiro atoms. The predicted molar refractivity (Wildman–Crippen MR) is 49.3 cm³/mol. The smallest absolute Gasteiger partial charge is 0.151 e. The Bertz CT molecular complexity index is 320.